The summed E-state index contributed by atoms with van der Waals surface area (Å²) in [6.45, 7) is 0. The van der Waals surface area contributed by atoms with Crippen LogP contribution in [-0.4, -0.2) is 9.66 Å². The van der Waals surface area contributed by atoms with Gasteiger partial charge in [-0.1, -0.05) is 0 Å². The predicted molar refractivity (Wildman–Crippen MR) is 45.7 cm³/mol. The van der Waals surface area contributed by atoms with Crippen LogP contribution in [0.2, 0.25) is 0 Å². The lowest BCUT2D eigenvalue weighted by Gasteiger charge is -2.02. The van der Waals surface area contributed by atoms with Gasteiger partial charge in [0.05, 0.1) is 11.0 Å². The highest BCUT2D eigenvalue weighted by atomic mass is 15.3. The number of nitrogens with one attached hydrogen (secondary N) is 1. The fraction of sp³-hybridized carbons (Fsp3) is 0. The van der Waals surface area contributed by atoms with Crippen molar-refractivity contribution in [2.24, 2.45) is 0 Å². The molecule has 2 rings (SSSR count). The van der Waals surface area contributed by atoms with Gasteiger partial charge in [-0.25, -0.2) is 4.68 Å². The topological polar surface area (TPSA) is 67.7 Å². The second-order valence-electron chi connectivity index (χ2n) is 2.50. The van der Waals surface area contributed by atoms with E-state index in [0.29, 0.717) is 0 Å². The van der Waals surface area contributed by atoms with Crippen LogP contribution in [0.4, 0.5) is 0 Å². The Morgan fingerprint density at radius 2 is 2.17 bits per heavy atom. The number of aromatic nitrogens is 2. The van der Waals surface area contributed by atoms with Gasteiger partial charge in [0, 0.05) is 6.20 Å². The maximum absolute atomic E-state index is 7.41. The second-order valence-corrected chi connectivity index (χ2v) is 2.50. The molecule has 0 bridgehead atoms. The van der Waals surface area contributed by atoms with Crippen LogP contribution in [0.25, 0.3) is 11.0 Å². The van der Waals surface area contributed by atoms with Crippen LogP contribution >= 0.6 is 0 Å². The van der Waals surface area contributed by atoms with Crippen LogP contribution < -0.4 is 11.3 Å². The van der Waals surface area contributed by atoms with E-state index in [4.69, 9.17) is 11.3 Å². The van der Waals surface area contributed by atoms with Gasteiger partial charge in [-0.2, -0.15) is 0 Å². The first-order valence-electron chi connectivity index (χ1n) is 3.55. The molecule has 0 amide bonds. The molecule has 0 spiro atoms. The van der Waals surface area contributed by atoms with Crippen molar-refractivity contribution in [3.63, 3.8) is 0 Å². The molecule has 4 heteroatoms. The molecule has 2 aromatic heterocycles. The van der Waals surface area contributed by atoms with Crippen molar-refractivity contribution in [1.29, 1.82) is 5.41 Å². The van der Waals surface area contributed by atoms with Gasteiger partial charge >= 0.3 is 0 Å². The Balaban J connectivity index is 3.01. The van der Waals surface area contributed by atoms with Crippen molar-refractivity contribution in [2.45, 2.75) is 0 Å². The van der Waals surface area contributed by atoms with E-state index in [0.717, 1.165) is 11.0 Å². The van der Waals surface area contributed by atoms with Gasteiger partial charge < -0.3 is 5.84 Å². The molecule has 0 unspecified atom stereocenters. The summed E-state index contributed by atoms with van der Waals surface area (Å²) < 4.78 is 1.31. The van der Waals surface area contributed by atoms with Crippen LogP contribution in [0.5, 0.6) is 0 Å². The van der Waals surface area contributed by atoms with Crippen molar-refractivity contribution < 1.29 is 0 Å². The summed E-state index contributed by atoms with van der Waals surface area (Å²) >= 11 is 0. The van der Waals surface area contributed by atoms with Gasteiger partial charge in [0.2, 0.25) is 0 Å². The summed E-state index contributed by atoms with van der Waals surface area (Å²) in [7, 11) is 0. The summed E-state index contributed by atoms with van der Waals surface area (Å²) in [6, 6.07) is 7.03. The van der Waals surface area contributed by atoms with Crippen molar-refractivity contribution in [3.8, 4) is 0 Å². The molecule has 0 fully saturated rings. The summed E-state index contributed by atoms with van der Waals surface area (Å²) in [5.41, 5.74) is 1.84. The molecule has 3 N–H and O–H groups in total. The van der Waals surface area contributed by atoms with E-state index >= 15 is 0 Å². The van der Waals surface area contributed by atoms with Gasteiger partial charge in [0.15, 0.2) is 0 Å². The van der Waals surface area contributed by atoms with E-state index in [1.165, 1.54) is 4.68 Å². The zero-order valence-corrected chi connectivity index (χ0v) is 6.36. The largest absolute Gasteiger partial charge is 0.337 e. The molecule has 0 aliphatic rings. The van der Waals surface area contributed by atoms with Crippen molar-refractivity contribution in [1.82, 2.24) is 9.66 Å². The fourth-order valence-electron chi connectivity index (χ4n) is 1.11. The lowest BCUT2D eigenvalue weighted by atomic mass is 10.3. The molecule has 0 radical (unpaired) electrons. The van der Waals surface area contributed by atoms with Crippen LogP contribution in [0.1, 0.15) is 0 Å². The number of hydrogen-bond donors (Lipinski definition) is 2. The monoisotopic (exact) mass is 160 g/mol. The van der Waals surface area contributed by atoms with Gasteiger partial charge in [0.1, 0.15) is 5.49 Å². The molecule has 0 saturated carbocycles. The summed E-state index contributed by atoms with van der Waals surface area (Å²) in [6.07, 6.45) is 1.70. The zero-order chi connectivity index (χ0) is 8.55. The van der Waals surface area contributed by atoms with Gasteiger partial charge in [-0.05, 0) is 24.3 Å². The van der Waals surface area contributed by atoms with E-state index in [2.05, 4.69) is 4.98 Å². The third-order valence-electron chi connectivity index (χ3n) is 1.73. The molecule has 0 aliphatic heterocycles. The molecule has 0 aromatic carbocycles. The highest BCUT2D eigenvalue weighted by Gasteiger charge is 1.95. The lowest BCUT2D eigenvalue weighted by molar-refractivity contribution is 0.919. The Morgan fingerprint density at radius 3 is 3.00 bits per heavy atom. The van der Waals surface area contributed by atoms with Gasteiger partial charge in [-0.3, -0.25) is 10.4 Å². The summed E-state index contributed by atoms with van der Waals surface area (Å²) in [5, 5.41) is 7.41. The molecule has 60 valence electrons. The minimum atomic E-state index is 0.274. The third kappa shape index (κ3) is 0.852. The lowest BCUT2D eigenvalue weighted by Crippen LogP contribution is -2.26. The first-order chi connectivity index (χ1) is 5.79. The third-order valence-corrected chi connectivity index (χ3v) is 1.73. The molecule has 0 saturated heterocycles. The quantitative estimate of drug-likeness (QED) is 0.542. The number of fused-ring (bicyclic) bond motifs is 1. The number of rotatable bonds is 0. The van der Waals surface area contributed by atoms with Crippen LogP contribution in [0.3, 0.4) is 0 Å². The molecule has 12 heavy (non-hydrogen) atoms. The molecule has 4 nitrogen and oxygen atoms in total. The minimum absolute atomic E-state index is 0.274. The highest BCUT2D eigenvalue weighted by Crippen LogP contribution is 2.04. The SMILES string of the molecule is N=c1ccc2ncccc2n1N. The van der Waals surface area contributed by atoms with E-state index in [1.54, 1.807) is 24.4 Å². The fourth-order valence-corrected chi connectivity index (χ4v) is 1.11. The number of pyridine rings is 2. The van der Waals surface area contributed by atoms with Gasteiger partial charge in [0.25, 0.3) is 0 Å². The summed E-state index contributed by atoms with van der Waals surface area (Å²) in [4.78, 5) is 4.10. The molecule has 0 aliphatic carbocycles. The molecular weight excluding hydrogens is 152 g/mol. The van der Waals surface area contributed by atoms with E-state index < -0.39 is 0 Å². The molecular formula is C8H8N4. The van der Waals surface area contributed by atoms with Gasteiger partial charge in [-0.15, -0.1) is 0 Å². The predicted octanol–water partition coefficient (Wildman–Crippen LogP) is 0.230. The summed E-state index contributed by atoms with van der Waals surface area (Å²) in [5.74, 6) is 5.61. The second kappa shape index (κ2) is 2.34. The van der Waals surface area contributed by atoms with E-state index in [1.807, 2.05) is 6.07 Å². The van der Waals surface area contributed by atoms with Crippen molar-refractivity contribution in [2.75, 3.05) is 5.84 Å². The first kappa shape index (κ1) is 6.84. The Labute approximate surface area is 68.8 Å². The van der Waals surface area contributed by atoms with Crippen LogP contribution in [0, 0.1) is 5.41 Å². The van der Waals surface area contributed by atoms with Crippen LogP contribution in [-0.2, 0) is 0 Å². The van der Waals surface area contributed by atoms with E-state index in [9.17, 15) is 0 Å². The maximum Gasteiger partial charge on any atom is 0.143 e. The van der Waals surface area contributed by atoms with E-state index in [-0.39, 0.29) is 5.49 Å². The number of nitrogens with zero attached hydrogens (tertiary/aromatic N) is 2. The number of nitrogens with two attached hydrogens (primary N) is 1. The van der Waals surface area contributed by atoms with Crippen LogP contribution in [0.15, 0.2) is 30.5 Å². The Kier molecular flexibility index (Phi) is 1.33. The average molecular weight is 160 g/mol. The smallest absolute Gasteiger partial charge is 0.143 e. The first-order valence-corrected chi connectivity index (χ1v) is 3.55. The number of hydrogen-bond acceptors (Lipinski definition) is 3. The van der Waals surface area contributed by atoms with Crippen molar-refractivity contribution >= 4 is 11.0 Å². The molecule has 0 atom stereocenters. The maximum atomic E-state index is 7.41. The Hall–Kier alpha value is -1.84. The number of nitrogen functional groups attached to an aromatic ring is 1. The Morgan fingerprint density at radius 1 is 1.33 bits per heavy atom. The molecule has 2 aromatic rings. The van der Waals surface area contributed by atoms with Crippen molar-refractivity contribution in [3.05, 3.63) is 36.0 Å². The normalized spacial score (nSPS) is 10.3. The molecule has 2 heterocycles. The highest BCUT2D eigenvalue weighted by molar-refractivity contribution is 5.73. The zero-order valence-electron chi connectivity index (χ0n) is 6.36. The Bertz CT molecular complexity index is 472. The standard InChI is InChI=1S/C8H8N4/c9-8-4-3-6-7(12(8)10)2-1-5-11-6/h1-5,9H,10H2. The minimum Gasteiger partial charge on any atom is -0.337 e. The average Bonchev–Trinajstić information content (AvgIpc) is 2.12.